The molecule has 0 atom stereocenters. The summed E-state index contributed by atoms with van der Waals surface area (Å²) in [6.45, 7) is 3.76. The summed E-state index contributed by atoms with van der Waals surface area (Å²) in [7, 11) is 3.44. The molecule has 0 fully saturated rings. The van der Waals surface area contributed by atoms with E-state index in [2.05, 4.69) is 6.92 Å². The molecule has 2 nitrogen and oxygen atoms in total. The van der Waals surface area contributed by atoms with Gasteiger partial charge in [-0.05, 0) is 6.42 Å². The molecular weight excluding hydrogens is 116 g/mol. The third kappa shape index (κ3) is 4.43. The Balaban J connectivity index is 3.18. The van der Waals surface area contributed by atoms with Crippen LogP contribution in [0.4, 0.5) is 0 Å². The lowest BCUT2D eigenvalue weighted by Gasteiger charge is -2.10. The minimum atomic E-state index is 0.569. The van der Waals surface area contributed by atoms with Gasteiger partial charge >= 0.3 is 0 Å². The number of ether oxygens (including phenoxy) is 2. The Hall–Kier alpha value is -0.0800. The summed E-state index contributed by atoms with van der Waals surface area (Å²) in [4.78, 5) is 0. The molecular formula is C7H16O2. The molecule has 9 heavy (non-hydrogen) atoms. The van der Waals surface area contributed by atoms with E-state index in [1.54, 1.807) is 14.2 Å². The van der Waals surface area contributed by atoms with E-state index in [-0.39, 0.29) is 0 Å². The number of rotatable bonds is 5. The highest BCUT2D eigenvalue weighted by Crippen LogP contribution is 2.01. The second-order valence-electron chi connectivity index (χ2n) is 2.18. The topological polar surface area (TPSA) is 18.5 Å². The summed E-state index contributed by atoms with van der Waals surface area (Å²) in [6.07, 6.45) is 1.13. The average Bonchev–Trinajstić information content (AvgIpc) is 1.88. The van der Waals surface area contributed by atoms with Crippen molar-refractivity contribution in [2.45, 2.75) is 13.3 Å². The van der Waals surface area contributed by atoms with E-state index in [1.807, 2.05) is 0 Å². The van der Waals surface area contributed by atoms with Gasteiger partial charge in [0.2, 0.25) is 0 Å². The van der Waals surface area contributed by atoms with Gasteiger partial charge in [-0.3, -0.25) is 0 Å². The fourth-order valence-electron chi connectivity index (χ4n) is 0.755. The molecule has 0 aromatic rings. The van der Waals surface area contributed by atoms with Crippen LogP contribution < -0.4 is 0 Å². The van der Waals surface area contributed by atoms with Crippen LogP contribution in [0.2, 0.25) is 0 Å². The van der Waals surface area contributed by atoms with Crippen LogP contribution in [0.1, 0.15) is 13.3 Å². The Morgan fingerprint density at radius 2 is 1.56 bits per heavy atom. The van der Waals surface area contributed by atoms with Crippen molar-refractivity contribution in [2.24, 2.45) is 5.92 Å². The van der Waals surface area contributed by atoms with Gasteiger partial charge in [-0.25, -0.2) is 0 Å². The second-order valence-corrected chi connectivity index (χ2v) is 2.18. The molecule has 0 aliphatic rings. The highest BCUT2D eigenvalue weighted by molar-refractivity contribution is 4.52. The van der Waals surface area contributed by atoms with Gasteiger partial charge in [0, 0.05) is 20.1 Å². The van der Waals surface area contributed by atoms with Gasteiger partial charge in [0.1, 0.15) is 0 Å². The lowest BCUT2D eigenvalue weighted by atomic mass is 10.1. The standard InChI is InChI=1S/C7H16O2/c1-4-7(5-8-2)6-9-3/h7H,4-6H2,1-3H3. The molecule has 0 rings (SSSR count). The van der Waals surface area contributed by atoms with Crippen molar-refractivity contribution in [3.8, 4) is 0 Å². The Kier molecular flexibility index (Phi) is 5.99. The first-order valence-electron chi connectivity index (χ1n) is 3.33. The van der Waals surface area contributed by atoms with E-state index in [4.69, 9.17) is 9.47 Å². The molecule has 0 aliphatic carbocycles. The van der Waals surface area contributed by atoms with Crippen LogP contribution in [0.3, 0.4) is 0 Å². The van der Waals surface area contributed by atoms with Crippen molar-refractivity contribution in [2.75, 3.05) is 27.4 Å². The Morgan fingerprint density at radius 1 is 1.11 bits per heavy atom. The number of hydrogen-bond donors (Lipinski definition) is 0. The van der Waals surface area contributed by atoms with Crippen LogP contribution in [-0.4, -0.2) is 27.4 Å². The summed E-state index contributed by atoms with van der Waals surface area (Å²) in [6, 6.07) is 0. The Bertz CT molecular complexity index is 48.9. The summed E-state index contributed by atoms with van der Waals surface area (Å²) in [5.41, 5.74) is 0. The van der Waals surface area contributed by atoms with Crippen molar-refractivity contribution in [1.29, 1.82) is 0 Å². The summed E-state index contributed by atoms with van der Waals surface area (Å²) >= 11 is 0. The van der Waals surface area contributed by atoms with Crippen LogP contribution in [-0.2, 0) is 9.47 Å². The predicted molar refractivity (Wildman–Crippen MR) is 37.5 cm³/mol. The number of methoxy groups -OCH3 is 2. The highest BCUT2D eigenvalue weighted by Gasteiger charge is 2.02. The monoisotopic (exact) mass is 132 g/mol. The van der Waals surface area contributed by atoms with Crippen molar-refractivity contribution < 1.29 is 9.47 Å². The van der Waals surface area contributed by atoms with Crippen molar-refractivity contribution in [3.63, 3.8) is 0 Å². The van der Waals surface area contributed by atoms with E-state index < -0.39 is 0 Å². The zero-order valence-corrected chi connectivity index (χ0v) is 6.52. The van der Waals surface area contributed by atoms with Crippen molar-refractivity contribution >= 4 is 0 Å². The first-order chi connectivity index (χ1) is 4.35. The van der Waals surface area contributed by atoms with Crippen molar-refractivity contribution in [1.82, 2.24) is 0 Å². The molecule has 0 radical (unpaired) electrons. The van der Waals surface area contributed by atoms with Gasteiger partial charge in [-0.1, -0.05) is 6.92 Å². The molecule has 0 saturated carbocycles. The lowest BCUT2D eigenvalue weighted by molar-refractivity contribution is 0.0830. The van der Waals surface area contributed by atoms with Crippen LogP contribution >= 0.6 is 0 Å². The Morgan fingerprint density at radius 3 is 1.78 bits per heavy atom. The van der Waals surface area contributed by atoms with Crippen LogP contribution in [0.15, 0.2) is 0 Å². The van der Waals surface area contributed by atoms with E-state index >= 15 is 0 Å². The summed E-state index contributed by atoms with van der Waals surface area (Å²) < 4.78 is 9.93. The fourth-order valence-corrected chi connectivity index (χ4v) is 0.755. The molecule has 2 heteroatoms. The lowest BCUT2D eigenvalue weighted by Crippen LogP contribution is -2.12. The molecule has 0 aromatic heterocycles. The summed E-state index contributed by atoms with van der Waals surface area (Å²) in [5, 5.41) is 0. The molecule has 56 valence electrons. The molecule has 0 heterocycles. The molecule has 0 aliphatic heterocycles. The molecule has 0 saturated heterocycles. The van der Waals surface area contributed by atoms with Crippen LogP contribution in [0.25, 0.3) is 0 Å². The summed E-state index contributed by atoms with van der Waals surface area (Å²) in [5.74, 6) is 0.569. The maximum absolute atomic E-state index is 4.97. The maximum Gasteiger partial charge on any atom is 0.0512 e. The van der Waals surface area contributed by atoms with E-state index in [9.17, 15) is 0 Å². The van der Waals surface area contributed by atoms with E-state index in [0.717, 1.165) is 19.6 Å². The zero-order valence-electron chi connectivity index (χ0n) is 6.52. The second kappa shape index (κ2) is 6.05. The highest BCUT2D eigenvalue weighted by atomic mass is 16.5. The van der Waals surface area contributed by atoms with Crippen molar-refractivity contribution in [3.05, 3.63) is 0 Å². The quantitative estimate of drug-likeness (QED) is 0.561. The van der Waals surface area contributed by atoms with Gasteiger partial charge in [0.25, 0.3) is 0 Å². The van der Waals surface area contributed by atoms with Gasteiger partial charge < -0.3 is 9.47 Å². The van der Waals surface area contributed by atoms with Gasteiger partial charge in [0.05, 0.1) is 13.2 Å². The van der Waals surface area contributed by atoms with Gasteiger partial charge in [0.15, 0.2) is 0 Å². The molecule has 0 amide bonds. The third-order valence-corrected chi connectivity index (χ3v) is 1.38. The smallest absolute Gasteiger partial charge is 0.0512 e. The minimum Gasteiger partial charge on any atom is -0.384 e. The largest absolute Gasteiger partial charge is 0.384 e. The molecule has 0 N–H and O–H groups in total. The average molecular weight is 132 g/mol. The molecule has 0 spiro atoms. The SMILES string of the molecule is CCC(COC)COC. The van der Waals surface area contributed by atoms with Crippen LogP contribution in [0.5, 0.6) is 0 Å². The Labute approximate surface area is 57.2 Å². The number of hydrogen-bond acceptors (Lipinski definition) is 2. The minimum absolute atomic E-state index is 0.569. The van der Waals surface area contributed by atoms with E-state index in [1.165, 1.54) is 0 Å². The van der Waals surface area contributed by atoms with Gasteiger partial charge in [-0.15, -0.1) is 0 Å². The molecule has 0 bridgehead atoms. The third-order valence-electron chi connectivity index (χ3n) is 1.38. The predicted octanol–water partition coefficient (Wildman–Crippen LogP) is 1.31. The molecule has 0 aromatic carbocycles. The van der Waals surface area contributed by atoms with Crippen LogP contribution in [0, 0.1) is 5.92 Å². The normalized spacial score (nSPS) is 10.7. The van der Waals surface area contributed by atoms with Gasteiger partial charge in [-0.2, -0.15) is 0 Å². The fraction of sp³-hybridized carbons (Fsp3) is 1.00. The molecule has 0 unspecified atom stereocenters. The maximum atomic E-state index is 4.97. The first-order valence-corrected chi connectivity index (χ1v) is 3.33. The first kappa shape index (κ1) is 8.92. The van der Waals surface area contributed by atoms with E-state index in [0.29, 0.717) is 5.92 Å². The zero-order chi connectivity index (χ0) is 7.11.